The minimum atomic E-state index is 0.395. The average molecular weight is 252 g/mol. The number of nitrogens with one attached hydrogen (secondary N) is 1. The zero-order valence-corrected chi connectivity index (χ0v) is 10.6. The number of hydrogen-bond acceptors (Lipinski definition) is 4. The quantitative estimate of drug-likeness (QED) is 0.904. The van der Waals surface area contributed by atoms with Crippen molar-refractivity contribution in [3.05, 3.63) is 34.7 Å². The molecule has 17 heavy (non-hydrogen) atoms. The van der Waals surface area contributed by atoms with Gasteiger partial charge in [-0.15, -0.1) is 10.2 Å². The molecule has 2 aromatic rings. The summed E-state index contributed by atoms with van der Waals surface area (Å²) in [5, 5.41) is 15.7. The number of rotatable bonds is 4. The Morgan fingerprint density at radius 1 is 1.35 bits per heavy atom. The fraction of sp³-hybridized carbons (Fsp3) is 0.364. The van der Waals surface area contributed by atoms with Crippen LogP contribution in [-0.4, -0.2) is 20.0 Å². The van der Waals surface area contributed by atoms with Crippen molar-refractivity contribution >= 4 is 17.4 Å². The highest BCUT2D eigenvalue weighted by Gasteiger charge is 2.05. The molecular weight excluding hydrogens is 238 g/mol. The van der Waals surface area contributed by atoms with Crippen LogP contribution in [0.15, 0.2) is 18.3 Å². The molecule has 0 aliphatic rings. The van der Waals surface area contributed by atoms with E-state index in [2.05, 4.69) is 27.5 Å². The van der Waals surface area contributed by atoms with Crippen molar-refractivity contribution in [3.63, 3.8) is 0 Å². The van der Waals surface area contributed by atoms with Gasteiger partial charge in [0, 0.05) is 25.4 Å². The maximum absolute atomic E-state index is 5.67. The van der Waals surface area contributed by atoms with Crippen molar-refractivity contribution in [1.29, 1.82) is 0 Å². The second-order valence-electron chi connectivity index (χ2n) is 3.72. The largest absolute Gasteiger partial charge is 0.364 e. The van der Waals surface area contributed by atoms with Gasteiger partial charge in [-0.1, -0.05) is 18.5 Å². The number of nitrogens with zero attached hydrogens (tertiary/aromatic N) is 4. The van der Waals surface area contributed by atoms with Gasteiger partial charge in [-0.25, -0.2) is 0 Å². The number of aromatic nitrogens is 4. The van der Waals surface area contributed by atoms with E-state index in [1.54, 1.807) is 12.1 Å². The standard InChI is InChI=1S/C11H14ClN5/c1-3-9-8(7-17(2)16-9)6-13-11-5-4-10(12)14-15-11/h4-5,7H,3,6H2,1-2H3,(H,13,15). The molecule has 1 N–H and O–H groups in total. The van der Waals surface area contributed by atoms with E-state index >= 15 is 0 Å². The summed E-state index contributed by atoms with van der Waals surface area (Å²) in [6.07, 6.45) is 2.93. The summed E-state index contributed by atoms with van der Waals surface area (Å²) in [6, 6.07) is 3.51. The van der Waals surface area contributed by atoms with Crippen LogP contribution in [0.2, 0.25) is 5.15 Å². The van der Waals surface area contributed by atoms with E-state index in [-0.39, 0.29) is 0 Å². The van der Waals surface area contributed by atoms with E-state index in [0.717, 1.165) is 12.1 Å². The van der Waals surface area contributed by atoms with Crippen LogP contribution in [0.5, 0.6) is 0 Å². The van der Waals surface area contributed by atoms with Crippen LogP contribution >= 0.6 is 11.6 Å². The van der Waals surface area contributed by atoms with Gasteiger partial charge in [-0.3, -0.25) is 4.68 Å². The Morgan fingerprint density at radius 3 is 2.82 bits per heavy atom. The highest BCUT2D eigenvalue weighted by molar-refractivity contribution is 6.29. The number of hydrogen-bond donors (Lipinski definition) is 1. The smallest absolute Gasteiger partial charge is 0.151 e. The van der Waals surface area contributed by atoms with Gasteiger partial charge in [-0.05, 0) is 18.6 Å². The molecule has 90 valence electrons. The van der Waals surface area contributed by atoms with Gasteiger partial charge < -0.3 is 5.32 Å². The second-order valence-corrected chi connectivity index (χ2v) is 4.11. The lowest BCUT2D eigenvalue weighted by Gasteiger charge is -2.03. The zero-order chi connectivity index (χ0) is 12.3. The normalized spacial score (nSPS) is 10.5. The van der Waals surface area contributed by atoms with Gasteiger partial charge in [0.1, 0.15) is 5.82 Å². The van der Waals surface area contributed by atoms with Gasteiger partial charge in [-0.2, -0.15) is 5.10 Å². The molecule has 0 aliphatic heterocycles. The predicted octanol–water partition coefficient (Wildman–Crippen LogP) is 2.04. The summed E-state index contributed by atoms with van der Waals surface area (Å²) in [4.78, 5) is 0. The van der Waals surface area contributed by atoms with Gasteiger partial charge in [0.05, 0.1) is 5.69 Å². The molecule has 2 heterocycles. The van der Waals surface area contributed by atoms with Crippen LogP contribution in [0.25, 0.3) is 0 Å². The Morgan fingerprint density at radius 2 is 2.18 bits per heavy atom. The van der Waals surface area contributed by atoms with E-state index in [9.17, 15) is 0 Å². The van der Waals surface area contributed by atoms with Gasteiger partial charge in [0.2, 0.25) is 0 Å². The second kappa shape index (κ2) is 5.14. The third-order valence-electron chi connectivity index (χ3n) is 2.42. The van der Waals surface area contributed by atoms with Crippen molar-refractivity contribution in [2.75, 3.05) is 5.32 Å². The molecule has 5 nitrogen and oxygen atoms in total. The molecule has 0 radical (unpaired) electrons. The molecule has 0 fully saturated rings. The van der Waals surface area contributed by atoms with E-state index in [1.807, 2.05) is 17.9 Å². The number of aryl methyl sites for hydroxylation is 2. The van der Waals surface area contributed by atoms with Crippen LogP contribution in [0.1, 0.15) is 18.2 Å². The molecule has 0 bridgehead atoms. The monoisotopic (exact) mass is 251 g/mol. The molecule has 0 atom stereocenters. The Bertz CT molecular complexity index is 491. The first-order chi connectivity index (χ1) is 8.19. The molecule has 0 saturated heterocycles. The summed E-state index contributed by atoms with van der Waals surface area (Å²) in [6.45, 7) is 2.78. The molecule has 0 amide bonds. The van der Waals surface area contributed by atoms with Gasteiger partial charge in [0.25, 0.3) is 0 Å². The van der Waals surface area contributed by atoms with E-state index in [1.165, 1.54) is 5.56 Å². The Balaban J connectivity index is 2.04. The van der Waals surface area contributed by atoms with Gasteiger partial charge >= 0.3 is 0 Å². The van der Waals surface area contributed by atoms with E-state index in [4.69, 9.17) is 11.6 Å². The molecular formula is C11H14ClN5. The third kappa shape index (κ3) is 2.94. The minimum absolute atomic E-state index is 0.395. The molecule has 6 heteroatoms. The van der Waals surface area contributed by atoms with Crippen molar-refractivity contribution in [3.8, 4) is 0 Å². The summed E-state index contributed by atoms with van der Waals surface area (Å²) >= 11 is 5.67. The highest BCUT2D eigenvalue weighted by Crippen LogP contribution is 2.11. The first-order valence-corrected chi connectivity index (χ1v) is 5.81. The molecule has 2 rings (SSSR count). The third-order valence-corrected chi connectivity index (χ3v) is 2.62. The minimum Gasteiger partial charge on any atom is -0.364 e. The van der Waals surface area contributed by atoms with Crippen molar-refractivity contribution < 1.29 is 0 Å². The SMILES string of the molecule is CCc1nn(C)cc1CNc1ccc(Cl)nn1. The first kappa shape index (κ1) is 11.9. The van der Waals surface area contributed by atoms with Crippen LogP contribution in [0, 0.1) is 0 Å². The maximum atomic E-state index is 5.67. The van der Waals surface area contributed by atoms with E-state index in [0.29, 0.717) is 17.5 Å². The zero-order valence-electron chi connectivity index (χ0n) is 9.81. The molecule has 0 aromatic carbocycles. The van der Waals surface area contributed by atoms with Crippen LogP contribution in [0.4, 0.5) is 5.82 Å². The predicted molar refractivity (Wildman–Crippen MR) is 67.0 cm³/mol. The lowest BCUT2D eigenvalue weighted by Crippen LogP contribution is -2.03. The first-order valence-electron chi connectivity index (χ1n) is 5.43. The lowest BCUT2D eigenvalue weighted by molar-refractivity contribution is 0.746. The average Bonchev–Trinajstić information content (AvgIpc) is 2.69. The Hall–Kier alpha value is -1.62. The summed E-state index contributed by atoms with van der Waals surface area (Å²) in [5.74, 6) is 0.709. The molecule has 0 unspecified atom stereocenters. The summed E-state index contributed by atoms with van der Waals surface area (Å²) in [5.41, 5.74) is 2.27. The van der Waals surface area contributed by atoms with E-state index < -0.39 is 0 Å². The molecule has 2 aromatic heterocycles. The van der Waals surface area contributed by atoms with Crippen molar-refractivity contribution in [2.24, 2.45) is 7.05 Å². The lowest BCUT2D eigenvalue weighted by atomic mass is 10.2. The number of anilines is 1. The molecule has 0 spiro atoms. The van der Waals surface area contributed by atoms with Crippen LogP contribution in [0.3, 0.4) is 0 Å². The summed E-state index contributed by atoms with van der Waals surface area (Å²) in [7, 11) is 1.92. The van der Waals surface area contributed by atoms with Crippen molar-refractivity contribution in [1.82, 2.24) is 20.0 Å². The highest BCUT2D eigenvalue weighted by atomic mass is 35.5. The fourth-order valence-electron chi connectivity index (χ4n) is 1.63. The Kier molecular flexibility index (Phi) is 3.58. The van der Waals surface area contributed by atoms with Crippen LogP contribution in [-0.2, 0) is 20.0 Å². The number of halogens is 1. The molecule has 0 aliphatic carbocycles. The Labute approximate surface area is 105 Å². The fourth-order valence-corrected chi connectivity index (χ4v) is 1.73. The topological polar surface area (TPSA) is 55.6 Å². The van der Waals surface area contributed by atoms with Crippen LogP contribution < -0.4 is 5.32 Å². The van der Waals surface area contributed by atoms with Gasteiger partial charge in [0.15, 0.2) is 5.15 Å². The molecule has 0 saturated carbocycles. The van der Waals surface area contributed by atoms with Crippen molar-refractivity contribution in [2.45, 2.75) is 19.9 Å². The summed E-state index contributed by atoms with van der Waals surface area (Å²) < 4.78 is 1.82. The maximum Gasteiger partial charge on any atom is 0.151 e.